The molecule has 156 valence electrons. The minimum absolute atomic E-state index is 0.149. The highest BCUT2D eigenvalue weighted by molar-refractivity contribution is 5.91. The van der Waals surface area contributed by atoms with Gasteiger partial charge in [0.2, 0.25) is 11.8 Å². The maximum absolute atomic E-state index is 13.5. The lowest BCUT2D eigenvalue weighted by atomic mass is 9.69. The summed E-state index contributed by atoms with van der Waals surface area (Å²) < 4.78 is 0. The number of hydrogen-bond donors (Lipinski definition) is 1. The molecule has 0 aromatic heterocycles. The number of carbonyl (C=O) groups is 2. The number of rotatable bonds is 5. The number of likely N-dealkylation sites (tertiary alicyclic amines) is 2. The molecule has 4 rings (SSSR count). The Morgan fingerprint density at radius 3 is 2.66 bits per heavy atom. The van der Waals surface area contributed by atoms with Crippen molar-refractivity contribution >= 4 is 11.8 Å². The van der Waals surface area contributed by atoms with E-state index < -0.39 is 5.41 Å². The molecule has 29 heavy (non-hydrogen) atoms. The molecule has 0 spiro atoms. The van der Waals surface area contributed by atoms with Crippen molar-refractivity contribution in [3.05, 3.63) is 47.7 Å². The van der Waals surface area contributed by atoms with Gasteiger partial charge in [-0.05, 0) is 51.0 Å². The predicted octanol–water partition coefficient (Wildman–Crippen LogP) is 3.46. The van der Waals surface area contributed by atoms with Crippen molar-refractivity contribution in [1.29, 1.82) is 0 Å². The standard InChI is InChI=1S/C24H33N3O2/c1-2-27-21-10-6-7-14-24(21,15-11-22(27)28)23(29)25-20-12-16-26(17-13-20)18-19-8-4-3-5-9-19/h3-5,8-10,20H,2,6-7,11-18H2,1H3,(H,25,29). The maximum Gasteiger partial charge on any atom is 0.232 e. The van der Waals surface area contributed by atoms with Crippen molar-refractivity contribution < 1.29 is 9.59 Å². The van der Waals surface area contributed by atoms with Gasteiger partial charge in [0, 0.05) is 44.3 Å². The summed E-state index contributed by atoms with van der Waals surface area (Å²) in [6.07, 6.45) is 8.12. The summed E-state index contributed by atoms with van der Waals surface area (Å²) in [5.74, 6) is 0.314. The molecule has 5 nitrogen and oxygen atoms in total. The minimum atomic E-state index is -0.497. The Kier molecular flexibility index (Phi) is 6.04. The van der Waals surface area contributed by atoms with E-state index in [2.05, 4.69) is 46.6 Å². The molecule has 2 amide bonds. The normalized spacial score (nSPS) is 26.0. The summed E-state index contributed by atoms with van der Waals surface area (Å²) in [5, 5.41) is 3.38. The molecule has 1 aliphatic carbocycles. The Balaban J connectivity index is 1.37. The van der Waals surface area contributed by atoms with E-state index in [1.165, 1.54) is 5.56 Å². The molecule has 1 unspecified atom stereocenters. The van der Waals surface area contributed by atoms with Crippen molar-refractivity contribution in [2.24, 2.45) is 5.41 Å². The summed E-state index contributed by atoms with van der Waals surface area (Å²) in [5.41, 5.74) is 1.82. The average molecular weight is 396 g/mol. The topological polar surface area (TPSA) is 52.7 Å². The monoisotopic (exact) mass is 395 g/mol. The highest BCUT2D eigenvalue weighted by atomic mass is 16.2. The van der Waals surface area contributed by atoms with Gasteiger partial charge < -0.3 is 10.2 Å². The van der Waals surface area contributed by atoms with E-state index in [4.69, 9.17) is 0 Å². The van der Waals surface area contributed by atoms with E-state index in [1.54, 1.807) is 0 Å². The fraction of sp³-hybridized carbons (Fsp3) is 0.583. The van der Waals surface area contributed by atoms with Gasteiger partial charge in [-0.25, -0.2) is 0 Å². The minimum Gasteiger partial charge on any atom is -0.352 e. The summed E-state index contributed by atoms with van der Waals surface area (Å²) in [7, 11) is 0. The van der Waals surface area contributed by atoms with Gasteiger partial charge in [-0.1, -0.05) is 36.4 Å². The van der Waals surface area contributed by atoms with Gasteiger partial charge in [-0.2, -0.15) is 0 Å². The van der Waals surface area contributed by atoms with Crippen LogP contribution in [0.4, 0.5) is 0 Å². The smallest absolute Gasteiger partial charge is 0.232 e. The van der Waals surface area contributed by atoms with Crippen LogP contribution in [-0.4, -0.2) is 47.3 Å². The van der Waals surface area contributed by atoms with E-state index >= 15 is 0 Å². The summed E-state index contributed by atoms with van der Waals surface area (Å²) in [6.45, 7) is 5.65. The number of benzene rings is 1. The molecule has 1 aromatic carbocycles. The Morgan fingerprint density at radius 1 is 1.17 bits per heavy atom. The fourth-order valence-electron chi connectivity index (χ4n) is 5.27. The number of allylic oxidation sites excluding steroid dienone is 1. The third-order valence-corrected chi connectivity index (χ3v) is 6.92. The highest BCUT2D eigenvalue weighted by Gasteiger charge is 2.49. The van der Waals surface area contributed by atoms with Crippen LogP contribution >= 0.6 is 0 Å². The number of piperidine rings is 2. The van der Waals surface area contributed by atoms with Crippen LogP contribution in [0.5, 0.6) is 0 Å². The molecular formula is C24H33N3O2. The second kappa shape index (κ2) is 8.70. The zero-order valence-corrected chi connectivity index (χ0v) is 17.5. The fourth-order valence-corrected chi connectivity index (χ4v) is 5.27. The van der Waals surface area contributed by atoms with Crippen molar-refractivity contribution in [1.82, 2.24) is 15.1 Å². The lowest BCUT2D eigenvalue weighted by molar-refractivity contribution is -0.141. The van der Waals surface area contributed by atoms with Gasteiger partial charge in [0.1, 0.15) is 0 Å². The van der Waals surface area contributed by atoms with Crippen LogP contribution in [-0.2, 0) is 16.1 Å². The van der Waals surface area contributed by atoms with Crippen LogP contribution in [0.2, 0.25) is 0 Å². The first-order valence-corrected chi connectivity index (χ1v) is 11.2. The summed E-state index contributed by atoms with van der Waals surface area (Å²) in [4.78, 5) is 30.2. The third-order valence-electron chi connectivity index (χ3n) is 6.92. The molecule has 0 saturated carbocycles. The number of nitrogens with zero attached hydrogens (tertiary/aromatic N) is 2. The number of carbonyl (C=O) groups excluding carboxylic acids is 2. The van der Waals surface area contributed by atoms with E-state index in [-0.39, 0.29) is 17.9 Å². The van der Waals surface area contributed by atoms with Crippen LogP contribution in [0, 0.1) is 5.41 Å². The molecule has 0 radical (unpaired) electrons. The number of amides is 2. The molecule has 1 N–H and O–H groups in total. The Hall–Kier alpha value is -2.14. The molecule has 1 aromatic rings. The molecule has 2 fully saturated rings. The Labute approximate surface area is 174 Å². The van der Waals surface area contributed by atoms with Gasteiger partial charge in [-0.15, -0.1) is 0 Å². The van der Waals surface area contributed by atoms with E-state index in [0.717, 1.165) is 57.4 Å². The second-order valence-electron chi connectivity index (χ2n) is 8.71. The molecule has 5 heteroatoms. The van der Waals surface area contributed by atoms with Crippen molar-refractivity contribution in [3.63, 3.8) is 0 Å². The van der Waals surface area contributed by atoms with Gasteiger partial charge in [0.05, 0.1) is 5.41 Å². The van der Waals surface area contributed by atoms with Crippen LogP contribution in [0.15, 0.2) is 42.1 Å². The zero-order valence-electron chi connectivity index (χ0n) is 17.5. The summed E-state index contributed by atoms with van der Waals surface area (Å²) in [6, 6.07) is 10.8. The van der Waals surface area contributed by atoms with Crippen molar-refractivity contribution in [2.75, 3.05) is 19.6 Å². The van der Waals surface area contributed by atoms with E-state index in [0.29, 0.717) is 19.4 Å². The predicted molar refractivity (Wildman–Crippen MR) is 114 cm³/mol. The first-order chi connectivity index (χ1) is 14.1. The van der Waals surface area contributed by atoms with E-state index in [9.17, 15) is 9.59 Å². The SMILES string of the molecule is CCN1C(=O)CCC2(C(=O)NC3CCN(Cc4ccccc4)CC3)CCCC=C12. The summed E-state index contributed by atoms with van der Waals surface area (Å²) >= 11 is 0. The van der Waals surface area contributed by atoms with Gasteiger partial charge in [0.15, 0.2) is 0 Å². The molecule has 1 atom stereocenters. The van der Waals surface area contributed by atoms with Gasteiger partial charge >= 0.3 is 0 Å². The molecule has 2 aliphatic heterocycles. The van der Waals surface area contributed by atoms with Crippen LogP contribution in [0.25, 0.3) is 0 Å². The Morgan fingerprint density at radius 2 is 1.93 bits per heavy atom. The third kappa shape index (κ3) is 4.11. The molecular weight excluding hydrogens is 362 g/mol. The highest BCUT2D eigenvalue weighted by Crippen LogP contribution is 2.47. The molecule has 2 heterocycles. The lowest BCUT2D eigenvalue weighted by Gasteiger charge is -2.46. The van der Waals surface area contributed by atoms with Gasteiger partial charge in [-0.3, -0.25) is 14.5 Å². The van der Waals surface area contributed by atoms with Crippen molar-refractivity contribution in [3.8, 4) is 0 Å². The largest absolute Gasteiger partial charge is 0.352 e. The first kappa shape index (κ1) is 20.1. The van der Waals surface area contributed by atoms with E-state index in [1.807, 2.05) is 11.8 Å². The number of fused-ring (bicyclic) bond motifs is 1. The molecule has 0 bridgehead atoms. The van der Waals surface area contributed by atoms with Gasteiger partial charge in [0.25, 0.3) is 0 Å². The Bertz CT molecular complexity index is 768. The van der Waals surface area contributed by atoms with Crippen molar-refractivity contribution in [2.45, 2.75) is 64.5 Å². The van der Waals surface area contributed by atoms with Crippen LogP contribution in [0.1, 0.15) is 57.4 Å². The number of nitrogens with one attached hydrogen (secondary N) is 1. The first-order valence-electron chi connectivity index (χ1n) is 11.2. The average Bonchev–Trinajstić information content (AvgIpc) is 2.76. The van der Waals surface area contributed by atoms with Crippen LogP contribution < -0.4 is 5.32 Å². The molecule has 3 aliphatic rings. The maximum atomic E-state index is 13.5. The second-order valence-corrected chi connectivity index (χ2v) is 8.71. The molecule has 2 saturated heterocycles. The lowest BCUT2D eigenvalue weighted by Crippen LogP contribution is -2.55. The quantitative estimate of drug-likeness (QED) is 0.831. The zero-order chi connectivity index (χ0) is 20.3. The van der Waals surface area contributed by atoms with Crippen LogP contribution in [0.3, 0.4) is 0 Å². The number of hydrogen-bond acceptors (Lipinski definition) is 3.